The van der Waals surface area contributed by atoms with Crippen LogP contribution < -0.4 is 5.32 Å². The fourth-order valence-corrected chi connectivity index (χ4v) is 1.24. The van der Waals surface area contributed by atoms with Gasteiger partial charge in [0.05, 0.1) is 18.8 Å². The van der Waals surface area contributed by atoms with Crippen LogP contribution in [-0.4, -0.2) is 31.5 Å². The lowest BCUT2D eigenvalue weighted by Gasteiger charge is -2.13. The van der Waals surface area contributed by atoms with E-state index in [9.17, 15) is 4.79 Å². The molecule has 0 bridgehead atoms. The first-order valence-electron chi connectivity index (χ1n) is 3.58. The monoisotopic (exact) mass is 155 g/mol. The molecule has 0 radical (unpaired) electrons. The van der Waals surface area contributed by atoms with Crippen molar-refractivity contribution in [2.75, 3.05) is 13.2 Å². The van der Waals surface area contributed by atoms with Gasteiger partial charge >= 0.3 is 6.09 Å². The van der Waals surface area contributed by atoms with Gasteiger partial charge in [-0.2, -0.15) is 0 Å². The quantitative estimate of drug-likeness (QED) is 0.544. The lowest BCUT2D eigenvalue weighted by Crippen LogP contribution is -2.37. The number of ether oxygens (including phenoxy) is 2. The highest BCUT2D eigenvalue weighted by atomic mass is 16.6. The molecule has 2 aliphatic rings. The van der Waals surface area contributed by atoms with Crippen LogP contribution in [0.15, 0.2) is 12.2 Å². The van der Waals surface area contributed by atoms with Gasteiger partial charge in [-0.25, -0.2) is 4.79 Å². The van der Waals surface area contributed by atoms with E-state index >= 15 is 0 Å². The summed E-state index contributed by atoms with van der Waals surface area (Å²) in [7, 11) is 0. The van der Waals surface area contributed by atoms with E-state index < -0.39 is 0 Å². The Morgan fingerprint density at radius 3 is 3.09 bits per heavy atom. The predicted molar refractivity (Wildman–Crippen MR) is 37.2 cm³/mol. The molecule has 4 heteroatoms. The molecule has 60 valence electrons. The number of hydrogen-bond acceptors (Lipinski definition) is 3. The summed E-state index contributed by atoms with van der Waals surface area (Å²) in [5, 5.41) is 2.66. The van der Waals surface area contributed by atoms with Crippen LogP contribution in [0.1, 0.15) is 0 Å². The summed E-state index contributed by atoms with van der Waals surface area (Å²) in [6.45, 7) is 1.05. The second-order valence-electron chi connectivity index (χ2n) is 2.58. The molecule has 0 aromatic carbocycles. The predicted octanol–water partition coefficient (Wildman–Crippen LogP) is 0.0498. The second kappa shape index (κ2) is 2.54. The number of carbonyl (C=O) groups is 1. The lowest BCUT2D eigenvalue weighted by atomic mass is 10.2. The zero-order valence-electron chi connectivity index (χ0n) is 5.95. The number of nitrogens with one attached hydrogen (secondary N) is 1. The zero-order chi connectivity index (χ0) is 7.68. The molecule has 2 rings (SSSR count). The standard InChI is InChI=1S/C7H9NO3/c9-7-8-5(4-11-7)6-2-1-3-10-6/h1-2,5-6H,3-4H2,(H,8,9)/t5-,6+/m0/s1. The minimum absolute atomic E-state index is 0.00116. The van der Waals surface area contributed by atoms with Crippen LogP contribution in [0.2, 0.25) is 0 Å². The van der Waals surface area contributed by atoms with E-state index in [1.807, 2.05) is 12.2 Å². The Labute approximate surface area is 64.2 Å². The minimum atomic E-state index is -0.348. The van der Waals surface area contributed by atoms with Gasteiger partial charge in [0.2, 0.25) is 0 Å². The molecule has 0 aromatic heterocycles. The van der Waals surface area contributed by atoms with Crippen LogP contribution in [0.3, 0.4) is 0 Å². The highest BCUT2D eigenvalue weighted by Gasteiger charge is 2.30. The number of amides is 1. The van der Waals surface area contributed by atoms with Crippen molar-refractivity contribution in [3.63, 3.8) is 0 Å². The maximum absolute atomic E-state index is 10.6. The van der Waals surface area contributed by atoms with Gasteiger partial charge < -0.3 is 14.8 Å². The Balaban J connectivity index is 1.95. The maximum atomic E-state index is 10.6. The van der Waals surface area contributed by atoms with Gasteiger partial charge in [0.1, 0.15) is 6.61 Å². The first-order valence-corrected chi connectivity index (χ1v) is 3.58. The number of alkyl carbamates (subject to hydrolysis) is 1. The Morgan fingerprint density at radius 1 is 1.64 bits per heavy atom. The second-order valence-corrected chi connectivity index (χ2v) is 2.58. The summed E-state index contributed by atoms with van der Waals surface area (Å²) in [4.78, 5) is 10.6. The Morgan fingerprint density at radius 2 is 2.55 bits per heavy atom. The van der Waals surface area contributed by atoms with Crippen LogP contribution in [0.25, 0.3) is 0 Å². The van der Waals surface area contributed by atoms with Crippen molar-refractivity contribution in [2.45, 2.75) is 12.1 Å². The first-order chi connectivity index (χ1) is 5.36. The van der Waals surface area contributed by atoms with Crippen molar-refractivity contribution in [3.05, 3.63) is 12.2 Å². The number of hydrogen-bond donors (Lipinski definition) is 1. The fourth-order valence-electron chi connectivity index (χ4n) is 1.24. The lowest BCUT2D eigenvalue weighted by molar-refractivity contribution is 0.0958. The summed E-state index contributed by atoms with van der Waals surface area (Å²) in [5.41, 5.74) is 0. The molecule has 2 aliphatic heterocycles. The average molecular weight is 155 g/mol. The van der Waals surface area contributed by atoms with Gasteiger partial charge in [0.25, 0.3) is 0 Å². The minimum Gasteiger partial charge on any atom is -0.447 e. The van der Waals surface area contributed by atoms with Crippen molar-refractivity contribution in [1.82, 2.24) is 5.32 Å². The van der Waals surface area contributed by atoms with Gasteiger partial charge in [-0.1, -0.05) is 12.2 Å². The van der Waals surface area contributed by atoms with Gasteiger partial charge in [-0.15, -0.1) is 0 Å². The molecule has 2 atom stereocenters. The summed E-state index contributed by atoms with van der Waals surface area (Å²) < 4.78 is 9.99. The molecule has 0 aliphatic carbocycles. The van der Waals surface area contributed by atoms with Gasteiger partial charge in [-0.05, 0) is 0 Å². The molecule has 1 fully saturated rings. The third-order valence-electron chi connectivity index (χ3n) is 1.80. The van der Waals surface area contributed by atoms with Crippen LogP contribution >= 0.6 is 0 Å². The molecule has 0 aromatic rings. The van der Waals surface area contributed by atoms with E-state index in [0.717, 1.165) is 0 Å². The first kappa shape index (κ1) is 6.67. The third-order valence-corrected chi connectivity index (χ3v) is 1.80. The van der Waals surface area contributed by atoms with E-state index in [2.05, 4.69) is 5.32 Å². The molecular weight excluding hydrogens is 146 g/mol. The van der Waals surface area contributed by atoms with Gasteiger partial charge in [-0.3, -0.25) is 0 Å². The van der Waals surface area contributed by atoms with Crippen molar-refractivity contribution in [1.29, 1.82) is 0 Å². The van der Waals surface area contributed by atoms with Gasteiger partial charge in [0.15, 0.2) is 0 Å². The number of carbonyl (C=O) groups excluding carboxylic acids is 1. The molecule has 4 nitrogen and oxygen atoms in total. The molecule has 11 heavy (non-hydrogen) atoms. The van der Waals surface area contributed by atoms with Crippen molar-refractivity contribution >= 4 is 6.09 Å². The van der Waals surface area contributed by atoms with E-state index in [1.54, 1.807) is 0 Å². The Kier molecular flexibility index (Phi) is 1.54. The Bertz CT molecular complexity index is 202. The van der Waals surface area contributed by atoms with Crippen molar-refractivity contribution < 1.29 is 14.3 Å². The number of cyclic esters (lactones) is 1. The maximum Gasteiger partial charge on any atom is 0.407 e. The van der Waals surface area contributed by atoms with Gasteiger partial charge in [0, 0.05) is 0 Å². The van der Waals surface area contributed by atoms with E-state index in [-0.39, 0.29) is 18.2 Å². The van der Waals surface area contributed by atoms with Crippen LogP contribution in [-0.2, 0) is 9.47 Å². The van der Waals surface area contributed by atoms with E-state index in [4.69, 9.17) is 9.47 Å². The SMILES string of the molecule is O=C1N[C@H]([C@H]2C=CCO2)CO1. The molecule has 0 spiro atoms. The van der Waals surface area contributed by atoms with Crippen LogP contribution in [0.4, 0.5) is 4.79 Å². The van der Waals surface area contributed by atoms with Crippen molar-refractivity contribution in [3.8, 4) is 0 Å². The third kappa shape index (κ3) is 1.21. The molecule has 1 saturated heterocycles. The molecule has 2 heterocycles. The van der Waals surface area contributed by atoms with Crippen LogP contribution in [0, 0.1) is 0 Å². The average Bonchev–Trinajstić information content (AvgIpc) is 2.55. The molecule has 1 amide bonds. The summed E-state index contributed by atoms with van der Waals surface area (Å²) >= 11 is 0. The summed E-state index contributed by atoms with van der Waals surface area (Å²) in [5.74, 6) is 0. The zero-order valence-corrected chi connectivity index (χ0v) is 5.95. The van der Waals surface area contributed by atoms with Crippen LogP contribution in [0.5, 0.6) is 0 Å². The molecule has 1 N–H and O–H groups in total. The molecule has 0 unspecified atom stereocenters. The van der Waals surface area contributed by atoms with E-state index in [1.165, 1.54) is 0 Å². The number of rotatable bonds is 1. The smallest absolute Gasteiger partial charge is 0.407 e. The highest BCUT2D eigenvalue weighted by molar-refractivity contribution is 5.69. The van der Waals surface area contributed by atoms with Crippen molar-refractivity contribution in [2.24, 2.45) is 0 Å². The topological polar surface area (TPSA) is 47.6 Å². The van der Waals surface area contributed by atoms with E-state index in [0.29, 0.717) is 13.2 Å². The summed E-state index contributed by atoms with van der Waals surface area (Å²) in [6, 6.07) is 0.00116. The normalized spacial score (nSPS) is 35.5. The fraction of sp³-hybridized carbons (Fsp3) is 0.571. The summed E-state index contributed by atoms with van der Waals surface area (Å²) in [6.07, 6.45) is 3.54. The largest absolute Gasteiger partial charge is 0.447 e. The highest BCUT2D eigenvalue weighted by Crippen LogP contribution is 2.11. The molecule has 0 saturated carbocycles. The Hall–Kier alpha value is -1.03. The molecular formula is C7H9NO3.